The van der Waals surface area contributed by atoms with Crippen molar-refractivity contribution < 1.29 is 38.5 Å². The predicted octanol–water partition coefficient (Wildman–Crippen LogP) is 4.36. The van der Waals surface area contributed by atoms with Crippen molar-refractivity contribution in [2.75, 3.05) is 31.8 Å². The first-order chi connectivity index (χ1) is 24.1. The summed E-state index contributed by atoms with van der Waals surface area (Å²) in [7, 11) is 1.56. The summed E-state index contributed by atoms with van der Waals surface area (Å²) < 4.78 is 17.6. The van der Waals surface area contributed by atoms with Gasteiger partial charge in [-0.1, -0.05) is 62.8 Å². The molecule has 2 aromatic carbocycles. The fourth-order valence-corrected chi connectivity index (χ4v) is 7.85. The summed E-state index contributed by atoms with van der Waals surface area (Å²) in [5.41, 5.74) is 0.0370. The van der Waals surface area contributed by atoms with Crippen molar-refractivity contribution in [3.63, 3.8) is 0 Å². The number of carbonyl (C=O) groups is 4. The summed E-state index contributed by atoms with van der Waals surface area (Å²) in [5, 5.41) is 13.8. The molecule has 3 aliphatic heterocycles. The number of rotatable bonds is 17. The second-order valence-corrected chi connectivity index (χ2v) is 13.4. The van der Waals surface area contributed by atoms with Gasteiger partial charge in [0.05, 0.1) is 43.7 Å². The molecular formula is C39H49N3O8. The lowest BCUT2D eigenvalue weighted by Gasteiger charge is -2.40. The third-order valence-electron chi connectivity index (χ3n) is 10.6. The normalized spacial score (nSPS) is 25.3. The van der Waals surface area contributed by atoms with Crippen molar-refractivity contribution >= 4 is 29.4 Å². The number of allylic oxidation sites excluding steroid dienone is 1. The van der Waals surface area contributed by atoms with Crippen molar-refractivity contribution in [1.82, 2.24) is 10.2 Å². The second-order valence-electron chi connectivity index (χ2n) is 13.4. The minimum atomic E-state index is -1.28. The molecule has 0 radical (unpaired) electrons. The molecule has 1 spiro atoms. The Morgan fingerprint density at radius 3 is 2.48 bits per heavy atom. The van der Waals surface area contributed by atoms with Crippen molar-refractivity contribution in [2.24, 2.45) is 17.8 Å². The number of likely N-dealkylation sites (tertiary alicyclic amines) is 1. The predicted molar refractivity (Wildman–Crippen MR) is 188 cm³/mol. The summed E-state index contributed by atoms with van der Waals surface area (Å²) in [4.78, 5) is 59.5. The van der Waals surface area contributed by atoms with E-state index in [-0.39, 0.29) is 43.9 Å². The Labute approximate surface area is 294 Å². The number of hydrogen-bond donors (Lipinski definition) is 2. The number of aliphatic hydroxyl groups is 1. The van der Waals surface area contributed by atoms with E-state index >= 15 is 0 Å². The number of nitrogens with one attached hydrogen (secondary N) is 1. The summed E-state index contributed by atoms with van der Waals surface area (Å²) in [6.07, 6.45) is 4.83. The molecule has 0 aromatic heterocycles. The molecule has 3 fully saturated rings. The number of nitrogens with zero attached hydrogens (tertiary/aromatic N) is 2. The molecule has 2 bridgehead atoms. The molecule has 8 atom stereocenters. The van der Waals surface area contributed by atoms with Crippen LogP contribution in [0.15, 0.2) is 79.9 Å². The van der Waals surface area contributed by atoms with E-state index in [0.717, 1.165) is 5.56 Å². The standard InChI is InChI=1S/C39H49N3O8/c1-6-9-15-32(44)49-24-29(26-13-11-10-12-14-26)40-36(45)33-31-20-21-39(50-31)34(33)37(46)42(30(23-43)25(4)8-3)35(39)38(47)41(22-7-2)27-16-18-28(48-5)19-17-27/h6-7,10-14,16-19,25,29-31,33-35,43H,1-2,8-9,15,20-24H2,3-5H3,(H,40,45)/t25-,29-,30-,31-,33+,34+,35-,39+/m0/s1. The van der Waals surface area contributed by atoms with Crippen LogP contribution in [-0.2, 0) is 28.7 Å². The maximum Gasteiger partial charge on any atom is 0.306 e. The van der Waals surface area contributed by atoms with Gasteiger partial charge in [-0.15, -0.1) is 13.2 Å². The minimum absolute atomic E-state index is 0.0973. The van der Waals surface area contributed by atoms with Crippen LogP contribution >= 0.6 is 0 Å². The third-order valence-corrected chi connectivity index (χ3v) is 10.6. The lowest BCUT2D eigenvalue weighted by atomic mass is 9.70. The highest BCUT2D eigenvalue weighted by Gasteiger charge is 2.75. The van der Waals surface area contributed by atoms with Crippen LogP contribution in [0.3, 0.4) is 0 Å². The first-order valence-electron chi connectivity index (χ1n) is 17.4. The van der Waals surface area contributed by atoms with Gasteiger partial charge in [-0.05, 0) is 55.0 Å². The SMILES string of the molecule is C=CCCC(=O)OC[C@H](NC(=O)[C@@H]1[C@@H]2CC[C@]3(O2)[C@H](C(=O)N(CC=C)c2ccc(OC)cc2)N([C@@H](CO)[C@@H](C)CC)C(=O)[C@@H]13)c1ccccc1. The number of aliphatic hydroxyl groups excluding tert-OH is 1. The molecule has 0 saturated carbocycles. The highest BCUT2D eigenvalue weighted by atomic mass is 16.5. The first kappa shape index (κ1) is 36.8. The Morgan fingerprint density at radius 2 is 1.86 bits per heavy atom. The Kier molecular flexibility index (Phi) is 11.8. The van der Waals surface area contributed by atoms with Gasteiger partial charge in [-0.3, -0.25) is 19.2 Å². The Hall–Kier alpha value is -4.48. The topological polar surface area (TPSA) is 135 Å². The number of benzene rings is 2. The fourth-order valence-electron chi connectivity index (χ4n) is 7.85. The zero-order valence-corrected chi connectivity index (χ0v) is 29.2. The van der Waals surface area contributed by atoms with Gasteiger partial charge in [0.1, 0.15) is 24.0 Å². The van der Waals surface area contributed by atoms with Crippen LogP contribution in [0.1, 0.15) is 57.6 Å². The fraction of sp³-hybridized carbons (Fsp3) is 0.487. The number of fused-ring (bicyclic) bond motifs is 1. The molecule has 0 unspecified atom stereocenters. The monoisotopic (exact) mass is 687 g/mol. The van der Waals surface area contributed by atoms with Crippen LogP contribution in [0.5, 0.6) is 5.75 Å². The summed E-state index contributed by atoms with van der Waals surface area (Å²) in [6, 6.07) is 13.8. The second kappa shape index (κ2) is 16.0. The van der Waals surface area contributed by atoms with Crippen molar-refractivity contribution in [3.05, 3.63) is 85.5 Å². The van der Waals surface area contributed by atoms with Crippen LogP contribution in [0.4, 0.5) is 5.69 Å². The number of methoxy groups -OCH3 is 1. The molecule has 50 heavy (non-hydrogen) atoms. The van der Waals surface area contributed by atoms with E-state index in [2.05, 4.69) is 18.5 Å². The van der Waals surface area contributed by atoms with E-state index in [4.69, 9.17) is 14.2 Å². The van der Waals surface area contributed by atoms with Crippen LogP contribution in [0, 0.1) is 17.8 Å². The Balaban J connectivity index is 1.51. The molecule has 2 aromatic rings. The van der Waals surface area contributed by atoms with Gasteiger partial charge >= 0.3 is 5.97 Å². The van der Waals surface area contributed by atoms with Gasteiger partial charge in [0.15, 0.2) is 0 Å². The summed E-state index contributed by atoms with van der Waals surface area (Å²) >= 11 is 0. The molecule has 11 nitrogen and oxygen atoms in total. The quantitative estimate of drug-likeness (QED) is 0.185. The van der Waals surface area contributed by atoms with Crippen LogP contribution in [0.2, 0.25) is 0 Å². The van der Waals surface area contributed by atoms with Crippen molar-refractivity contribution in [1.29, 1.82) is 0 Å². The zero-order valence-electron chi connectivity index (χ0n) is 29.2. The Morgan fingerprint density at radius 1 is 1.14 bits per heavy atom. The molecule has 0 aliphatic carbocycles. The van der Waals surface area contributed by atoms with Crippen LogP contribution < -0.4 is 15.0 Å². The largest absolute Gasteiger partial charge is 0.497 e. The van der Waals surface area contributed by atoms with E-state index in [1.165, 1.54) is 4.90 Å². The maximum atomic E-state index is 14.9. The molecule has 3 aliphatic rings. The number of amides is 3. The van der Waals surface area contributed by atoms with E-state index in [0.29, 0.717) is 37.1 Å². The Bertz CT molecular complexity index is 1550. The van der Waals surface area contributed by atoms with Gasteiger partial charge < -0.3 is 34.4 Å². The third kappa shape index (κ3) is 6.93. The van der Waals surface area contributed by atoms with Gasteiger partial charge in [-0.2, -0.15) is 0 Å². The van der Waals surface area contributed by atoms with Gasteiger partial charge in [0.25, 0.3) is 5.91 Å². The highest BCUT2D eigenvalue weighted by molar-refractivity contribution is 6.05. The van der Waals surface area contributed by atoms with E-state index in [1.54, 1.807) is 48.4 Å². The lowest BCUT2D eigenvalue weighted by Crippen LogP contribution is -2.60. The molecule has 11 heteroatoms. The van der Waals surface area contributed by atoms with E-state index < -0.39 is 53.5 Å². The molecule has 3 heterocycles. The number of ether oxygens (including phenoxy) is 3. The van der Waals surface area contributed by atoms with E-state index in [1.807, 2.05) is 44.2 Å². The smallest absolute Gasteiger partial charge is 0.306 e. The molecular weight excluding hydrogens is 638 g/mol. The molecule has 2 N–H and O–H groups in total. The summed E-state index contributed by atoms with van der Waals surface area (Å²) in [6.45, 7) is 11.1. The van der Waals surface area contributed by atoms with Crippen LogP contribution in [0.25, 0.3) is 0 Å². The lowest BCUT2D eigenvalue weighted by molar-refractivity contribution is -0.147. The highest BCUT2D eigenvalue weighted by Crippen LogP contribution is 2.59. The van der Waals surface area contributed by atoms with Gasteiger partial charge in [0.2, 0.25) is 11.8 Å². The van der Waals surface area contributed by atoms with Crippen molar-refractivity contribution in [2.45, 2.75) is 75.8 Å². The van der Waals surface area contributed by atoms with Crippen molar-refractivity contribution in [3.8, 4) is 5.75 Å². The number of anilines is 1. The number of hydrogen-bond acceptors (Lipinski definition) is 8. The first-order valence-corrected chi connectivity index (χ1v) is 17.4. The average Bonchev–Trinajstić information content (AvgIpc) is 3.79. The maximum absolute atomic E-state index is 14.9. The van der Waals surface area contributed by atoms with E-state index in [9.17, 15) is 24.3 Å². The molecule has 268 valence electrons. The van der Waals surface area contributed by atoms with Gasteiger partial charge in [-0.25, -0.2) is 0 Å². The summed E-state index contributed by atoms with van der Waals surface area (Å²) in [5.74, 6) is -2.96. The molecule has 5 rings (SSSR count). The van der Waals surface area contributed by atoms with Crippen LogP contribution in [-0.4, -0.2) is 84.4 Å². The van der Waals surface area contributed by atoms with Gasteiger partial charge in [0, 0.05) is 18.7 Å². The minimum Gasteiger partial charge on any atom is -0.497 e. The molecule has 3 amide bonds. The molecule has 3 saturated heterocycles. The number of esters is 1. The average molecular weight is 688 g/mol. The number of carbonyl (C=O) groups excluding carboxylic acids is 4. The zero-order chi connectivity index (χ0) is 36.0.